The number of furan rings is 1. The number of amides is 1. The van der Waals surface area contributed by atoms with Crippen LogP contribution in [0.2, 0.25) is 0 Å². The zero-order valence-electron chi connectivity index (χ0n) is 17.5. The summed E-state index contributed by atoms with van der Waals surface area (Å²) in [6.07, 6.45) is 3.01. The number of ether oxygens (including phenoxy) is 1. The topological polar surface area (TPSA) is 68.5 Å². The first-order valence-electron chi connectivity index (χ1n) is 9.92. The van der Waals surface area contributed by atoms with E-state index in [2.05, 4.69) is 5.32 Å². The lowest BCUT2D eigenvalue weighted by Gasteiger charge is -2.05. The zero-order valence-corrected chi connectivity index (χ0v) is 17.5. The highest BCUT2D eigenvalue weighted by Crippen LogP contribution is 2.32. The SMILES string of the molecule is COc1ccc(/C=C/C(=O)Nc2c(C(=O)c3ccc(C)c(F)c3)oc3ccccc23)cc1. The van der Waals surface area contributed by atoms with E-state index in [1.54, 1.807) is 56.5 Å². The average molecular weight is 429 g/mol. The van der Waals surface area contributed by atoms with Gasteiger partial charge in [-0.3, -0.25) is 9.59 Å². The number of hydrogen-bond acceptors (Lipinski definition) is 4. The van der Waals surface area contributed by atoms with Crippen LogP contribution in [0.3, 0.4) is 0 Å². The minimum Gasteiger partial charge on any atom is -0.497 e. The molecule has 6 heteroatoms. The number of halogens is 1. The number of nitrogens with one attached hydrogen (secondary N) is 1. The number of fused-ring (bicyclic) bond motifs is 1. The average Bonchev–Trinajstić information content (AvgIpc) is 3.17. The summed E-state index contributed by atoms with van der Waals surface area (Å²) in [4.78, 5) is 25.7. The Bertz CT molecular complexity index is 1340. The van der Waals surface area contributed by atoms with Crippen LogP contribution >= 0.6 is 0 Å². The number of ketones is 1. The molecule has 0 saturated carbocycles. The van der Waals surface area contributed by atoms with Gasteiger partial charge >= 0.3 is 0 Å². The van der Waals surface area contributed by atoms with Crippen LogP contribution in [0.15, 0.2) is 77.2 Å². The lowest BCUT2D eigenvalue weighted by molar-refractivity contribution is -0.111. The third-order valence-electron chi connectivity index (χ3n) is 5.03. The van der Waals surface area contributed by atoms with Crippen molar-refractivity contribution in [3.05, 3.63) is 101 Å². The van der Waals surface area contributed by atoms with Crippen molar-refractivity contribution < 1.29 is 23.1 Å². The van der Waals surface area contributed by atoms with Gasteiger partial charge in [-0.25, -0.2) is 4.39 Å². The van der Waals surface area contributed by atoms with E-state index in [9.17, 15) is 14.0 Å². The van der Waals surface area contributed by atoms with Crippen LogP contribution in [0.25, 0.3) is 17.0 Å². The maximum Gasteiger partial charge on any atom is 0.248 e. The highest BCUT2D eigenvalue weighted by molar-refractivity contribution is 6.18. The van der Waals surface area contributed by atoms with E-state index in [0.29, 0.717) is 22.3 Å². The summed E-state index contributed by atoms with van der Waals surface area (Å²) in [5.41, 5.74) is 2.07. The van der Waals surface area contributed by atoms with E-state index in [0.717, 1.165) is 5.56 Å². The molecule has 0 saturated heterocycles. The first kappa shape index (κ1) is 21.1. The molecule has 5 nitrogen and oxygen atoms in total. The van der Waals surface area contributed by atoms with Gasteiger partial charge in [0, 0.05) is 17.0 Å². The second-order valence-electron chi connectivity index (χ2n) is 7.19. The van der Waals surface area contributed by atoms with Gasteiger partial charge in [-0.05, 0) is 54.5 Å². The molecule has 1 aromatic heterocycles. The van der Waals surface area contributed by atoms with Gasteiger partial charge in [0.05, 0.1) is 12.8 Å². The Hall–Kier alpha value is -4.19. The minimum atomic E-state index is -0.519. The first-order valence-corrected chi connectivity index (χ1v) is 9.92. The second-order valence-corrected chi connectivity index (χ2v) is 7.19. The van der Waals surface area contributed by atoms with Gasteiger partial charge in [0.25, 0.3) is 0 Å². The predicted molar refractivity (Wildman–Crippen MR) is 121 cm³/mol. The summed E-state index contributed by atoms with van der Waals surface area (Å²) in [7, 11) is 1.58. The normalized spacial score (nSPS) is 11.1. The van der Waals surface area contributed by atoms with Crippen molar-refractivity contribution in [1.82, 2.24) is 0 Å². The molecule has 32 heavy (non-hydrogen) atoms. The molecule has 0 aliphatic rings. The zero-order chi connectivity index (χ0) is 22.7. The van der Waals surface area contributed by atoms with Crippen molar-refractivity contribution in [2.45, 2.75) is 6.92 Å². The molecule has 0 bridgehead atoms. The van der Waals surface area contributed by atoms with E-state index >= 15 is 0 Å². The fourth-order valence-corrected chi connectivity index (χ4v) is 3.25. The molecule has 0 fully saturated rings. The number of aryl methyl sites for hydroxylation is 1. The minimum absolute atomic E-state index is 0.0550. The molecule has 0 atom stereocenters. The third kappa shape index (κ3) is 4.30. The molecule has 0 aliphatic heterocycles. The van der Waals surface area contributed by atoms with Gasteiger partial charge in [-0.2, -0.15) is 0 Å². The van der Waals surface area contributed by atoms with Gasteiger partial charge in [-0.15, -0.1) is 0 Å². The molecule has 3 aromatic carbocycles. The smallest absolute Gasteiger partial charge is 0.248 e. The summed E-state index contributed by atoms with van der Waals surface area (Å²) in [5.74, 6) is -0.779. The standard InChI is InChI=1S/C26H20FNO4/c1-16-7-11-18(15-21(16)27)25(30)26-24(20-5-3-4-6-22(20)32-26)28-23(29)14-10-17-8-12-19(31-2)13-9-17/h3-15H,1-2H3,(H,28,29)/b14-10+. The fourth-order valence-electron chi connectivity index (χ4n) is 3.25. The highest BCUT2D eigenvalue weighted by atomic mass is 19.1. The summed E-state index contributed by atoms with van der Waals surface area (Å²) in [6.45, 7) is 1.62. The summed E-state index contributed by atoms with van der Waals surface area (Å²) in [5, 5.41) is 3.32. The van der Waals surface area contributed by atoms with Gasteiger partial charge < -0.3 is 14.5 Å². The number of benzene rings is 3. The molecule has 4 rings (SSSR count). The number of para-hydroxylation sites is 1. The van der Waals surface area contributed by atoms with Crippen LogP contribution < -0.4 is 10.1 Å². The highest BCUT2D eigenvalue weighted by Gasteiger charge is 2.23. The molecule has 1 amide bonds. The molecule has 0 unspecified atom stereocenters. The summed E-state index contributed by atoms with van der Waals surface area (Å²) < 4.78 is 24.9. The number of hydrogen-bond donors (Lipinski definition) is 1. The molecule has 0 aliphatic carbocycles. The number of methoxy groups -OCH3 is 1. The molecule has 1 N–H and O–H groups in total. The molecule has 4 aromatic rings. The van der Waals surface area contributed by atoms with Gasteiger partial charge in [0.2, 0.25) is 11.7 Å². The van der Waals surface area contributed by atoms with Crippen LogP contribution in [-0.4, -0.2) is 18.8 Å². The van der Waals surface area contributed by atoms with Crippen molar-refractivity contribution >= 4 is 34.4 Å². The van der Waals surface area contributed by atoms with Crippen LogP contribution in [0.4, 0.5) is 10.1 Å². The van der Waals surface area contributed by atoms with Gasteiger partial charge in [0.15, 0.2) is 5.76 Å². The first-order chi connectivity index (χ1) is 15.5. The molecule has 160 valence electrons. The fraction of sp³-hybridized carbons (Fsp3) is 0.0769. The largest absolute Gasteiger partial charge is 0.497 e. The number of carbonyl (C=O) groups is 2. The predicted octanol–water partition coefficient (Wildman–Crippen LogP) is 5.77. The number of carbonyl (C=O) groups excluding carboxylic acids is 2. The summed E-state index contributed by atoms with van der Waals surface area (Å²) >= 11 is 0. The van der Waals surface area contributed by atoms with Crippen molar-refractivity contribution in [2.24, 2.45) is 0 Å². The lowest BCUT2D eigenvalue weighted by atomic mass is 10.0. The van der Waals surface area contributed by atoms with Crippen molar-refractivity contribution in [2.75, 3.05) is 12.4 Å². The molecule has 0 radical (unpaired) electrons. The Kier molecular flexibility index (Phi) is 5.85. The Balaban J connectivity index is 1.65. The number of rotatable bonds is 6. The van der Waals surface area contributed by atoms with E-state index in [-0.39, 0.29) is 17.0 Å². The summed E-state index contributed by atoms with van der Waals surface area (Å²) in [6, 6.07) is 18.4. The van der Waals surface area contributed by atoms with E-state index in [1.165, 1.54) is 24.3 Å². The Morgan fingerprint density at radius 1 is 1.03 bits per heavy atom. The van der Waals surface area contributed by atoms with Crippen LogP contribution in [0.1, 0.15) is 27.2 Å². The molecular formula is C26H20FNO4. The Morgan fingerprint density at radius 3 is 2.50 bits per heavy atom. The van der Waals surface area contributed by atoms with E-state index < -0.39 is 17.5 Å². The van der Waals surface area contributed by atoms with E-state index in [4.69, 9.17) is 9.15 Å². The number of anilines is 1. The lowest BCUT2D eigenvalue weighted by Crippen LogP contribution is -2.11. The molecule has 1 heterocycles. The molecular weight excluding hydrogens is 409 g/mol. The van der Waals surface area contributed by atoms with Gasteiger partial charge in [0.1, 0.15) is 17.1 Å². The Morgan fingerprint density at radius 2 is 1.78 bits per heavy atom. The molecule has 0 spiro atoms. The third-order valence-corrected chi connectivity index (χ3v) is 5.03. The van der Waals surface area contributed by atoms with Crippen molar-refractivity contribution in [1.29, 1.82) is 0 Å². The second kappa shape index (κ2) is 8.89. The van der Waals surface area contributed by atoms with Crippen LogP contribution in [0, 0.1) is 12.7 Å². The van der Waals surface area contributed by atoms with Gasteiger partial charge in [-0.1, -0.05) is 36.4 Å². The van der Waals surface area contributed by atoms with Crippen LogP contribution in [0.5, 0.6) is 5.75 Å². The Labute approximate surface area is 184 Å². The maximum atomic E-state index is 14.0. The van der Waals surface area contributed by atoms with Crippen molar-refractivity contribution in [3.8, 4) is 5.75 Å². The quantitative estimate of drug-likeness (QED) is 0.312. The monoisotopic (exact) mass is 429 g/mol. The maximum absolute atomic E-state index is 14.0. The van der Waals surface area contributed by atoms with Crippen molar-refractivity contribution in [3.63, 3.8) is 0 Å². The van der Waals surface area contributed by atoms with Crippen LogP contribution in [-0.2, 0) is 4.79 Å². The van der Waals surface area contributed by atoms with E-state index in [1.807, 2.05) is 12.1 Å².